The van der Waals surface area contributed by atoms with E-state index in [9.17, 15) is 0 Å². The van der Waals surface area contributed by atoms with Crippen LogP contribution in [0.1, 0.15) is 7.43 Å². The third-order valence-electron chi connectivity index (χ3n) is 0.192. The first kappa shape index (κ1) is 70.8. The van der Waals surface area contributed by atoms with Crippen molar-refractivity contribution in [3.05, 3.63) is 6.65 Å². The third-order valence-corrected chi connectivity index (χ3v) is 0.192. The maximum absolute atomic E-state index is 8.95. The van der Waals surface area contributed by atoms with Gasteiger partial charge in [0.25, 0.3) is 25.9 Å². The van der Waals surface area contributed by atoms with Crippen molar-refractivity contribution >= 4 is 25.9 Å². The van der Waals surface area contributed by atoms with E-state index in [1.165, 1.54) is 14.2 Å². The fourth-order valence-corrected chi connectivity index (χ4v) is 0. The molecule has 0 radical (unpaired) electrons. The Morgan fingerprint density at radius 1 is 0.739 bits per heavy atom. The first-order chi connectivity index (χ1) is 9.66. The molecule has 0 heterocycles. The van der Waals surface area contributed by atoms with Gasteiger partial charge in [-0.05, 0) is 0 Å². The summed E-state index contributed by atoms with van der Waals surface area (Å²) in [7, 11) is 4.62. The molecule has 0 bridgehead atoms. The number of carbonyl (C=O) groups excluding carboxylic acids is 2. The zero-order chi connectivity index (χ0) is 18.2. The molecule has 23 heavy (non-hydrogen) atoms. The normalized spacial score (nSPS) is 3.48. The molecule has 0 aliphatic carbocycles. The molecular weight excluding hydrogens is 328 g/mol. The number of hydrogen-bond acceptors (Lipinski definition) is 8. The van der Waals surface area contributed by atoms with Crippen molar-refractivity contribution in [1.82, 2.24) is 0 Å². The zero-order valence-electron chi connectivity index (χ0n) is 12.5. The van der Waals surface area contributed by atoms with Gasteiger partial charge in [-0.15, -0.1) is 0 Å². The molecule has 0 aliphatic rings. The molecule has 0 rings (SSSR count). The second kappa shape index (κ2) is 554. The Hall–Kier alpha value is -2.54. The van der Waals surface area contributed by atoms with Crippen LogP contribution in [0, 0.1) is 6.65 Å². The maximum atomic E-state index is 8.95. The summed E-state index contributed by atoms with van der Waals surface area (Å²) in [4.78, 5) is 34.6. The van der Waals surface area contributed by atoms with Gasteiger partial charge in [-0.3, -0.25) is 19.2 Å². The summed E-state index contributed by atoms with van der Waals surface area (Å²) in [5.41, 5.74) is 0. The Morgan fingerprint density at radius 3 is 0.783 bits per heavy atom. The van der Waals surface area contributed by atoms with Gasteiger partial charge in [-0.2, -0.15) is 0 Å². The van der Waals surface area contributed by atoms with Crippen LogP contribution in [0.15, 0.2) is 0 Å². The van der Waals surface area contributed by atoms with Gasteiger partial charge in [0.05, 0.1) is 14.2 Å². The topological polar surface area (TPSA) is 251 Å². The Bertz CT molecular complexity index is 135. The molecule has 146 valence electrons. The Kier molecular flexibility index (Phi) is 1710. The van der Waals surface area contributed by atoms with Crippen LogP contribution >= 0.6 is 0 Å². The average molecular weight is 356 g/mol. The molecule has 0 fully saturated rings. The second-order valence-corrected chi connectivity index (χ2v) is 0.875. The molecule has 0 saturated carbocycles. The summed E-state index contributed by atoms with van der Waals surface area (Å²) in [5, 5.41) is 27.8. The third kappa shape index (κ3) is 20300. The summed E-state index contributed by atoms with van der Waals surface area (Å²) in [5.74, 6) is 0. The standard InChI is InChI=1S/2C2H4O2.2CH2O2.2CH4O.CO.CH4.2H2O/c2*1-4-2-3;2*2-1-3;3*1-2;;;/h2*2H,1H3;2*1H,(H,2,3);2*2H,1H3;;1H4;2*1H2. The van der Waals surface area contributed by atoms with Crippen molar-refractivity contribution in [3.63, 3.8) is 0 Å². The van der Waals surface area contributed by atoms with Crippen LogP contribution in [0.5, 0.6) is 0 Å². The van der Waals surface area contributed by atoms with Gasteiger partial charge >= 0.3 is 11.3 Å². The zero-order valence-corrected chi connectivity index (χ0v) is 12.5. The first-order valence-electron chi connectivity index (χ1n) is 3.85. The Labute approximate surface area is 134 Å². The van der Waals surface area contributed by atoms with E-state index >= 15 is 0 Å². The molecular formula is C10H28O13. The van der Waals surface area contributed by atoms with Crippen LogP contribution < -0.4 is 0 Å². The molecule has 0 amide bonds. The van der Waals surface area contributed by atoms with E-state index in [2.05, 4.69) is 16.1 Å². The predicted octanol–water partition coefficient (Wildman–Crippen LogP) is -2.85. The van der Waals surface area contributed by atoms with Crippen LogP contribution in [0.25, 0.3) is 0 Å². The molecule has 13 nitrogen and oxygen atoms in total. The van der Waals surface area contributed by atoms with Crippen molar-refractivity contribution in [2.75, 3.05) is 28.4 Å². The number of rotatable bonds is 2. The molecule has 0 aromatic rings. The van der Waals surface area contributed by atoms with Crippen molar-refractivity contribution < 1.29 is 64.7 Å². The number of carbonyl (C=O) groups is 4. The van der Waals surface area contributed by atoms with Gasteiger partial charge in [-0.25, -0.2) is 0 Å². The van der Waals surface area contributed by atoms with Gasteiger partial charge < -0.3 is 40.9 Å². The number of methoxy groups -OCH3 is 2. The van der Waals surface area contributed by atoms with Crippen LogP contribution in [-0.4, -0.2) is 85.7 Å². The van der Waals surface area contributed by atoms with E-state index in [1.54, 1.807) is 0 Å². The van der Waals surface area contributed by atoms with Crippen LogP contribution in [0.2, 0.25) is 0 Å². The van der Waals surface area contributed by atoms with E-state index < -0.39 is 0 Å². The van der Waals surface area contributed by atoms with Crippen molar-refractivity contribution in [3.8, 4) is 0 Å². The van der Waals surface area contributed by atoms with Crippen molar-refractivity contribution in [1.29, 1.82) is 0 Å². The number of aliphatic hydroxyl groups is 2. The predicted molar refractivity (Wildman–Crippen MR) is 77.7 cm³/mol. The van der Waals surface area contributed by atoms with E-state index in [0.29, 0.717) is 12.9 Å². The quantitative estimate of drug-likeness (QED) is 0.223. The van der Waals surface area contributed by atoms with Crippen LogP contribution in [-0.2, 0) is 33.3 Å². The molecule has 0 unspecified atom stereocenters. The summed E-state index contributed by atoms with van der Waals surface area (Å²) in [6.45, 7) is 4.75. The Balaban J connectivity index is -0.0000000107. The summed E-state index contributed by atoms with van der Waals surface area (Å²) < 4.78 is 15.2. The Morgan fingerprint density at radius 2 is 0.783 bits per heavy atom. The molecule has 0 aliphatic heterocycles. The molecule has 0 spiro atoms. The number of aliphatic hydroxyl groups excluding tert-OH is 2. The molecule has 0 aromatic carbocycles. The van der Waals surface area contributed by atoms with E-state index in [0.717, 1.165) is 14.2 Å². The van der Waals surface area contributed by atoms with Crippen molar-refractivity contribution in [2.45, 2.75) is 7.43 Å². The monoisotopic (exact) mass is 356 g/mol. The number of carboxylic acid groups (broad SMARTS) is 2. The summed E-state index contributed by atoms with van der Waals surface area (Å²) in [6.07, 6.45) is 0. The van der Waals surface area contributed by atoms with Gasteiger partial charge in [0, 0.05) is 14.2 Å². The van der Waals surface area contributed by atoms with Crippen molar-refractivity contribution in [2.24, 2.45) is 0 Å². The SMILES string of the molecule is C.CO.CO.COC=O.COC=O.O.O.O=CO.O=CO.[C-]#[O+]. The van der Waals surface area contributed by atoms with Gasteiger partial charge in [0.1, 0.15) is 0 Å². The van der Waals surface area contributed by atoms with E-state index in [4.69, 9.17) is 44.3 Å². The fraction of sp³-hybridized carbons (Fsp3) is 0.500. The summed E-state index contributed by atoms with van der Waals surface area (Å²) in [6, 6.07) is 0. The average Bonchev–Trinajstić information content (AvgIpc) is 2.54. The van der Waals surface area contributed by atoms with E-state index in [-0.39, 0.29) is 31.3 Å². The molecule has 0 saturated heterocycles. The molecule has 8 N–H and O–H groups in total. The summed E-state index contributed by atoms with van der Waals surface area (Å²) >= 11 is 0. The van der Waals surface area contributed by atoms with Gasteiger partial charge in [0.15, 0.2) is 0 Å². The number of ether oxygens (including phenoxy) is 2. The minimum atomic E-state index is -0.250. The number of hydrogen-bond donors (Lipinski definition) is 4. The first-order valence-corrected chi connectivity index (χ1v) is 3.85. The second-order valence-electron chi connectivity index (χ2n) is 0.875. The van der Waals surface area contributed by atoms with E-state index in [1.807, 2.05) is 0 Å². The minimum absolute atomic E-state index is 0. The molecule has 0 aromatic heterocycles. The van der Waals surface area contributed by atoms with Gasteiger partial charge in [0.2, 0.25) is 0 Å². The fourth-order valence-electron chi connectivity index (χ4n) is 0. The molecule has 0 atom stereocenters. The van der Waals surface area contributed by atoms with Crippen LogP contribution in [0.4, 0.5) is 0 Å². The van der Waals surface area contributed by atoms with Gasteiger partial charge in [-0.1, -0.05) is 7.43 Å². The van der Waals surface area contributed by atoms with Crippen LogP contribution in [0.3, 0.4) is 0 Å². The molecule has 13 heteroatoms.